The van der Waals surface area contributed by atoms with E-state index in [1.165, 1.54) is 0 Å². The molecule has 1 fully saturated rings. The molecule has 0 spiro atoms. The van der Waals surface area contributed by atoms with Gasteiger partial charge in [0.25, 0.3) is 0 Å². The fourth-order valence-electron chi connectivity index (χ4n) is 2.61. The molecule has 3 rings (SSSR count). The molecule has 1 saturated heterocycles. The Kier molecular flexibility index (Phi) is 7.09. The standard InChI is InChI=1S/C16H23NO4.ClH/c1(6-17-7-10-18-11-8-17)2-9-19-14-4-3-5-15-16(14)21-13-12-20-15;/h3-5H,1-2,6-13H2;1H/p-1. The molecule has 6 heteroatoms. The van der Waals surface area contributed by atoms with Crippen LogP contribution in [0, 0.1) is 0 Å². The van der Waals surface area contributed by atoms with Gasteiger partial charge in [-0.3, -0.25) is 4.90 Å². The Bertz CT molecular complexity index is 452. The van der Waals surface area contributed by atoms with Crippen LogP contribution in [0.25, 0.3) is 0 Å². The summed E-state index contributed by atoms with van der Waals surface area (Å²) in [5, 5.41) is 0. The van der Waals surface area contributed by atoms with Crippen molar-refractivity contribution in [2.24, 2.45) is 0 Å². The van der Waals surface area contributed by atoms with E-state index in [0.717, 1.165) is 62.9 Å². The predicted molar refractivity (Wildman–Crippen MR) is 79.4 cm³/mol. The minimum atomic E-state index is 0. The Morgan fingerprint density at radius 3 is 2.68 bits per heavy atom. The molecular weight excluding hydrogens is 306 g/mol. The van der Waals surface area contributed by atoms with Crippen LogP contribution in [0.2, 0.25) is 0 Å². The van der Waals surface area contributed by atoms with E-state index in [1.807, 2.05) is 18.2 Å². The number of para-hydroxylation sites is 1. The summed E-state index contributed by atoms with van der Waals surface area (Å²) >= 11 is 0. The van der Waals surface area contributed by atoms with Crippen LogP contribution in [0.3, 0.4) is 0 Å². The van der Waals surface area contributed by atoms with Crippen molar-refractivity contribution in [1.29, 1.82) is 0 Å². The van der Waals surface area contributed by atoms with Crippen LogP contribution in [-0.4, -0.2) is 57.6 Å². The fraction of sp³-hybridized carbons (Fsp3) is 0.625. The Morgan fingerprint density at radius 2 is 1.82 bits per heavy atom. The number of morpholine rings is 1. The summed E-state index contributed by atoms with van der Waals surface area (Å²) < 4.78 is 22.4. The highest BCUT2D eigenvalue weighted by molar-refractivity contribution is 5.51. The quantitative estimate of drug-likeness (QED) is 0.624. The molecule has 0 amide bonds. The number of nitrogens with zero attached hydrogens (tertiary/aromatic N) is 1. The molecule has 22 heavy (non-hydrogen) atoms. The second-order valence-electron chi connectivity index (χ2n) is 5.29. The van der Waals surface area contributed by atoms with Crippen LogP contribution in [0.4, 0.5) is 0 Å². The third-order valence-electron chi connectivity index (χ3n) is 3.76. The maximum absolute atomic E-state index is 5.85. The maximum Gasteiger partial charge on any atom is 0.203 e. The molecule has 5 nitrogen and oxygen atoms in total. The monoisotopic (exact) mass is 328 g/mol. The first kappa shape index (κ1) is 17.2. The normalized spacial score (nSPS) is 17.6. The molecule has 2 aliphatic rings. The van der Waals surface area contributed by atoms with Crippen molar-refractivity contribution >= 4 is 0 Å². The van der Waals surface area contributed by atoms with Gasteiger partial charge in [-0.15, -0.1) is 0 Å². The largest absolute Gasteiger partial charge is 1.00 e. The van der Waals surface area contributed by atoms with Crippen molar-refractivity contribution in [3.8, 4) is 17.2 Å². The van der Waals surface area contributed by atoms with Gasteiger partial charge in [0, 0.05) is 13.1 Å². The number of ether oxygens (including phenoxy) is 4. The summed E-state index contributed by atoms with van der Waals surface area (Å²) in [7, 11) is 0. The molecule has 0 saturated carbocycles. The lowest BCUT2D eigenvalue weighted by atomic mass is 10.2. The third kappa shape index (κ3) is 4.66. The smallest absolute Gasteiger partial charge is 0.203 e. The zero-order chi connectivity index (χ0) is 14.3. The number of hydrogen-bond acceptors (Lipinski definition) is 5. The molecule has 2 aliphatic heterocycles. The number of halogens is 1. The third-order valence-corrected chi connectivity index (χ3v) is 3.76. The highest BCUT2D eigenvalue weighted by atomic mass is 35.5. The molecule has 0 N–H and O–H groups in total. The lowest BCUT2D eigenvalue weighted by molar-refractivity contribution is -0.00000701. The second kappa shape index (κ2) is 9.08. The Morgan fingerprint density at radius 1 is 1.00 bits per heavy atom. The highest BCUT2D eigenvalue weighted by Gasteiger charge is 2.16. The van der Waals surface area contributed by atoms with Crippen LogP contribution in [0.15, 0.2) is 18.2 Å². The van der Waals surface area contributed by atoms with Gasteiger partial charge in [-0.05, 0) is 31.5 Å². The zero-order valence-corrected chi connectivity index (χ0v) is 13.5. The van der Waals surface area contributed by atoms with Gasteiger partial charge >= 0.3 is 0 Å². The van der Waals surface area contributed by atoms with Gasteiger partial charge in [-0.1, -0.05) is 6.07 Å². The lowest BCUT2D eigenvalue weighted by Crippen LogP contribution is -3.00. The van der Waals surface area contributed by atoms with Crippen LogP contribution in [-0.2, 0) is 4.74 Å². The number of fused-ring (bicyclic) bond motifs is 1. The predicted octanol–water partition coefficient (Wildman–Crippen LogP) is -1.05. The summed E-state index contributed by atoms with van der Waals surface area (Å²) in [6.07, 6.45) is 2.19. The first-order valence-electron chi connectivity index (χ1n) is 7.75. The van der Waals surface area contributed by atoms with Crippen molar-refractivity contribution in [3.05, 3.63) is 18.2 Å². The van der Waals surface area contributed by atoms with E-state index in [0.29, 0.717) is 19.8 Å². The second-order valence-corrected chi connectivity index (χ2v) is 5.29. The van der Waals surface area contributed by atoms with Crippen molar-refractivity contribution in [1.82, 2.24) is 4.90 Å². The molecule has 0 unspecified atom stereocenters. The molecule has 0 aliphatic carbocycles. The average molecular weight is 329 g/mol. The first-order chi connectivity index (χ1) is 10.4. The van der Waals surface area contributed by atoms with Crippen LogP contribution < -0.4 is 26.6 Å². The summed E-state index contributed by atoms with van der Waals surface area (Å²) in [6, 6.07) is 5.80. The summed E-state index contributed by atoms with van der Waals surface area (Å²) in [6.45, 7) is 6.87. The Hall–Kier alpha value is -1.17. The average Bonchev–Trinajstić information content (AvgIpc) is 2.56. The van der Waals surface area contributed by atoms with Gasteiger partial charge in [0.05, 0.1) is 19.8 Å². The van der Waals surface area contributed by atoms with Crippen molar-refractivity contribution in [2.75, 3.05) is 52.7 Å². The Balaban J connectivity index is 0.00000176. The van der Waals surface area contributed by atoms with Gasteiger partial charge in [0.2, 0.25) is 5.75 Å². The fourth-order valence-corrected chi connectivity index (χ4v) is 2.61. The van der Waals surface area contributed by atoms with Crippen LogP contribution >= 0.6 is 0 Å². The molecule has 1 aromatic rings. The molecule has 1 aromatic carbocycles. The minimum Gasteiger partial charge on any atom is -1.00 e. The Labute approximate surface area is 137 Å². The molecule has 0 atom stereocenters. The van der Waals surface area contributed by atoms with E-state index < -0.39 is 0 Å². The molecule has 2 heterocycles. The molecule has 0 aromatic heterocycles. The number of hydrogen-bond donors (Lipinski definition) is 0. The molecule has 0 bridgehead atoms. The van der Waals surface area contributed by atoms with E-state index in [9.17, 15) is 0 Å². The van der Waals surface area contributed by atoms with Crippen LogP contribution in [0.1, 0.15) is 12.8 Å². The SMILES string of the molecule is [Cl-].c1cc(OCCCCN2CCOCC2)c2c(c1)OCCO2. The van der Waals surface area contributed by atoms with E-state index >= 15 is 0 Å². The number of benzene rings is 1. The van der Waals surface area contributed by atoms with Gasteiger partial charge in [0.15, 0.2) is 11.5 Å². The summed E-state index contributed by atoms with van der Waals surface area (Å²) in [5.41, 5.74) is 0. The highest BCUT2D eigenvalue weighted by Crippen LogP contribution is 2.38. The maximum atomic E-state index is 5.85. The molecular formula is C16H23ClNO4-. The minimum absolute atomic E-state index is 0. The van der Waals surface area contributed by atoms with Crippen molar-refractivity contribution < 1.29 is 31.4 Å². The lowest BCUT2D eigenvalue weighted by Gasteiger charge is -2.26. The molecule has 0 radical (unpaired) electrons. The van der Waals surface area contributed by atoms with E-state index in [1.54, 1.807) is 0 Å². The topological polar surface area (TPSA) is 40.2 Å². The summed E-state index contributed by atoms with van der Waals surface area (Å²) in [4.78, 5) is 2.45. The van der Waals surface area contributed by atoms with E-state index in [-0.39, 0.29) is 12.4 Å². The molecule has 124 valence electrons. The van der Waals surface area contributed by atoms with Gasteiger partial charge in [-0.2, -0.15) is 0 Å². The summed E-state index contributed by atoms with van der Waals surface area (Å²) in [5.74, 6) is 2.32. The van der Waals surface area contributed by atoms with Gasteiger partial charge in [-0.25, -0.2) is 0 Å². The van der Waals surface area contributed by atoms with E-state index in [4.69, 9.17) is 18.9 Å². The van der Waals surface area contributed by atoms with Crippen molar-refractivity contribution in [2.45, 2.75) is 12.8 Å². The number of rotatable bonds is 6. The number of unbranched alkanes of at least 4 members (excludes halogenated alkanes) is 1. The zero-order valence-electron chi connectivity index (χ0n) is 12.8. The van der Waals surface area contributed by atoms with E-state index in [2.05, 4.69) is 4.90 Å². The van der Waals surface area contributed by atoms with Gasteiger partial charge < -0.3 is 31.4 Å². The first-order valence-corrected chi connectivity index (χ1v) is 7.75. The van der Waals surface area contributed by atoms with Crippen molar-refractivity contribution in [3.63, 3.8) is 0 Å². The van der Waals surface area contributed by atoms with Crippen LogP contribution in [0.5, 0.6) is 17.2 Å². The van der Waals surface area contributed by atoms with Gasteiger partial charge in [0.1, 0.15) is 13.2 Å².